The number of esters is 1. The quantitative estimate of drug-likeness (QED) is 0.352. The molecule has 1 saturated carbocycles. The number of allylic oxidation sites excluding steroid dienone is 2. The van der Waals surface area contributed by atoms with Crippen LogP contribution in [-0.2, 0) is 16.1 Å². The maximum absolute atomic E-state index is 13.1. The Bertz CT molecular complexity index is 908. The van der Waals surface area contributed by atoms with Crippen LogP contribution in [0.3, 0.4) is 0 Å². The van der Waals surface area contributed by atoms with Gasteiger partial charge < -0.3 is 9.47 Å². The molecule has 2 aromatic carbocycles. The fraction of sp³-hybridized carbons (Fsp3) is 0.318. The van der Waals surface area contributed by atoms with Gasteiger partial charge >= 0.3 is 11.4 Å². The minimum atomic E-state index is -3.64. The first kappa shape index (κ1) is 21.6. The number of carbonyl (C=O) groups is 1. The zero-order valence-corrected chi connectivity index (χ0v) is 17.4. The van der Waals surface area contributed by atoms with Gasteiger partial charge in [0.05, 0.1) is 11.0 Å². The van der Waals surface area contributed by atoms with Crippen LogP contribution in [0.4, 0.5) is 8.78 Å². The molecule has 0 N–H and O–H groups in total. The Morgan fingerprint density at radius 1 is 1.14 bits per heavy atom. The lowest BCUT2D eigenvalue weighted by Crippen LogP contribution is -2.11. The molecule has 1 fully saturated rings. The first-order chi connectivity index (χ1) is 13.6. The third kappa shape index (κ3) is 5.28. The van der Waals surface area contributed by atoms with Crippen molar-refractivity contribution < 1.29 is 23.0 Å². The van der Waals surface area contributed by atoms with Gasteiger partial charge in [-0.25, -0.2) is 0 Å². The minimum Gasteiger partial charge on any atom is -0.461 e. The monoisotopic (exact) mass is 440 g/mol. The van der Waals surface area contributed by atoms with Crippen molar-refractivity contribution >= 4 is 29.2 Å². The van der Waals surface area contributed by atoms with E-state index < -0.39 is 33.6 Å². The zero-order chi connectivity index (χ0) is 21.2. The molecule has 0 aromatic heterocycles. The Morgan fingerprint density at radius 3 is 2.45 bits per heavy atom. The molecule has 7 heteroatoms. The molecule has 2 atom stereocenters. The van der Waals surface area contributed by atoms with Crippen molar-refractivity contribution in [3.8, 4) is 11.5 Å². The maximum Gasteiger partial charge on any atom is 0.358 e. The van der Waals surface area contributed by atoms with Gasteiger partial charge in [0.1, 0.15) is 18.1 Å². The lowest BCUT2D eigenvalue weighted by atomic mass is 10.1. The van der Waals surface area contributed by atoms with Gasteiger partial charge in [-0.3, -0.25) is 4.79 Å². The van der Waals surface area contributed by atoms with E-state index in [1.54, 1.807) is 32.0 Å². The highest BCUT2D eigenvalue weighted by Gasteiger charge is 2.62. The molecule has 1 aliphatic rings. The van der Waals surface area contributed by atoms with Crippen LogP contribution in [0.2, 0.25) is 0 Å². The van der Waals surface area contributed by atoms with Gasteiger partial charge in [0.2, 0.25) is 0 Å². The smallest absolute Gasteiger partial charge is 0.358 e. The number of para-hydroxylation sites is 1. The van der Waals surface area contributed by atoms with Crippen LogP contribution in [0.25, 0.3) is 0 Å². The summed E-state index contributed by atoms with van der Waals surface area (Å²) in [5.41, 5.74) is 0.222. The number of rotatable bonds is 7. The van der Waals surface area contributed by atoms with Crippen LogP contribution in [0, 0.1) is 17.3 Å². The number of hydrogen-bond donors (Lipinski definition) is 0. The summed E-state index contributed by atoms with van der Waals surface area (Å²) in [5, 5.41) is -4.42. The molecular formula is C22H20Cl2F2O3. The van der Waals surface area contributed by atoms with Crippen LogP contribution >= 0.6 is 23.2 Å². The number of benzene rings is 2. The summed E-state index contributed by atoms with van der Waals surface area (Å²) in [6, 6.07) is 16.5. The summed E-state index contributed by atoms with van der Waals surface area (Å²) in [5.74, 6) is -0.163. The lowest BCUT2D eigenvalue weighted by molar-refractivity contribution is -0.147. The van der Waals surface area contributed by atoms with E-state index in [1.165, 1.54) is 0 Å². The molecule has 0 amide bonds. The number of ether oxygens (including phenoxy) is 2. The number of hydrogen-bond acceptors (Lipinski definition) is 3. The average Bonchev–Trinajstić information content (AvgIpc) is 3.20. The fourth-order valence-electron chi connectivity index (χ4n) is 3.26. The normalized spacial score (nSPS) is 20.8. The van der Waals surface area contributed by atoms with E-state index >= 15 is 0 Å². The third-order valence-electron chi connectivity index (χ3n) is 5.02. The second kappa shape index (κ2) is 8.33. The maximum atomic E-state index is 13.1. The second-order valence-electron chi connectivity index (χ2n) is 7.51. The van der Waals surface area contributed by atoms with E-state index in [-0.39, 0.29) is 6.61 Å². The molecule has 3 nitrogen and oxygen atoms in total. The van der Waals surface area contributed by atoms with Crippen molar-refractivity contribution in [3.63, 3.8) is 0 Å². The highest BCUT2D eigenvalue weighted by Crippen LogP contribution is 2.60. The Kier molecular flexibility index (Phi) is 6.20. The van der Waals surface area contributed by atoms with Crippen molar-refractivity contribution in [1.29, 1.82) is 0 Å². The van der Waals surface area contributed by atoms with Gasteiger partial charge in [-0.1, -0.05) is 61.9 Å². The van der Waals surface area contributed by atoms with Gasteiger partial charge in [-0.2, -0.15) is 8.78 Å². The predicted octanol–water partition coefficient (Wildman–Crippen LogP) is 6.75. The molecule has 1 aliphatic carbocycles. The zero-order valence-electron chi connectivity index (χ0n) is 15.9. The van der Waals surface area contributed by atoms with E-state index in [4.69, 9.17) is 32.7 Å². The summed E-state index contributed by atoms with van der Waals surface area (Å²) >= 11 is 10.5. The summed E-state index contributed by atoms with van der Waals surface area (Å²) in [6.45, 7) is 3.64. The Hall–Kier alpha value is -2.11. The van der Waals surface area contributed by atoms with Crippen LogP contribution in [0.15, 0.2) is 65.7 Å². The molecule has 3 rings (SSSR count). The van der Waals surface area contributed by atoms with Crippen LogP contribution in [0.1, 0.15) is 19.4 Å². The molecule has 0 heterocycles. The SMILES string of the molecule is CC1(C)[C@H](C(=O)OCc2cccc(Oc3ccccc3)c2)[C@@H]1C=C(Cl)C(F)(F)Cl. The standard InChI is InChI=1S/C22H20Cl2F2O3/c1-21(2)17(12-18(23)22(24,25)26)19(21)20(27)28-13-14-7-6-10-16(11-14)29-15-8-4-3-5-9-15/h3-12,17,19H,13H2,1-2H3/t17-,19-/m0/s1. The first-order valence-corrected chi connectivity index (χ1v) is 9.77. The molecule has 0 aliphatic heterocycles. The van der Waals surface area contributed by atoms with Crippen LogP contribution in [-0.4, -0.2) is 11.4 Å². The molecular weight excluding hydrogens is 421 g/mol. The number of halogens is 4. The number of alkyl halides is 3. The van der Waals surface area contributed by atoms with Gasteiger partial charge in [-0.15, -0.1) is 0 Å². The molecule has 0 unspecified atom stereocenters. The topological polar surface area (TPSA) is 35.5 Å². The van der Waals surface area contributed by atoms with Crippen molar-refractivity contribution in [2.75, 3.05) is 0 Å². The van der Waals surface area contributed by atoms with Gasteiger partial charge in [0, 0.05) is 0 Å². The third-order valence-corrected chi connectivity index (χ3v) is 5.68. The summed E-state index contributed by atoms with van der Waals surface area (Å²) in [4.78, 5) is 12.5. The van der Waals surface area contributed by atoms with Gasteiger partial charge in [-0.05, 0) is 52.8 Å². The highest BCUT2D eigenvalue weighted by atomic mass is 35.5. The van der Waals surface area contributed by atoms with Crippen molar-refractivity contribution in [1.82, 2.24) is 0 Å². The lowest BCUT2D eigenvalue weighted by Gasteiger charge is -2.09. The second-order valence-corrected chi connectivity index (χ2v) is 8.39. The van der Waals surface area contributed by atoms with Crippen molar-refractivity contribution in [2.24, 2.45) is 17.3 Å². The van der Waals surface area contributed by atoms with E-state index in [0.29, 0.717) is 11.5 Å². The minimum absolute atomic E-state index is 0.0488. The van der Waals surface area contributed by atoms with Gasteiger partial charge in [0.25, 0.3) is 0 Å². The van der Waals surface area contributed by atoms with E-state index in [0.717, 1.165) is 11.6 Å². The summed E-state index contributed by atoms with van der Waals surface area (Å²) in [6.07, 6.45) is 1.15. The van der Waals surface area contributed by atoms with Crippen LogP contribution < -0.4 is 4.74 Å². The highest BCUT2D eigenvalue weighted by molar-refractivity contribution is 6.38. The molecule has 2 aromatic rings. The van der Waals surface area contributed by atoms with E-state index in [9.17, 15) is 13.6 Å². The molecule has 0 spiro atoms. The summed E-state index contributed by atoms with van der Waals surface area (Å²) in [7, 11) is 0. The molecule has 0 saturated heterocycles. The largest absolute Gasteiger partial charge is 0.461 e. The first-order valence-electron chi connectivity index (χ1n) is 9.02. The Balaban J connectivity index is 1.60. The van der Waals surface area contributed by atoms with E-state index in [2.05, 4.69) is 0 Å². The Labute approximate surface area is 178 Å². The molecule has 0 bridgehead atoms. The van der Waals surface area contributed by atoms with E-state index in [1.807, 2.05) is 36.4 Å². The van der Waals surface area contributed by atoms with Crippen molar-refractivity contribution in [3.05, 3.63) is 71.3 Å². The van der Waals surface area contributed by atoms with Crippen molar-refractivity contribution in [2.45, 2.75) is 25.8 Å². The molecule has 154 valence electrons. The van der Waals surface area contributed by atoms with Gasteiger partial charge in [0.15, 0.2) is 0 Å². The fourth-order valence-corrected chi connectivity index (χ4v) is 3.46. The predicted molar refractivity (Wildman–Crippen MR) is 108 cm³/mol. The Morgan fingerprint density at radius 2 is 1.79 bits per heavy atom. The number of carbonyl (C=O) groups excluding carboxylic acids is 1. The average molecular weight is 441 g/mol. The van der Waals surface area contributed by atoms with Crippen LogP contribution in [0.5, 0.6) is 11.5 Å². The summed E-state index contributed by atoms with van der Waals surface area (Å²) < 4.78 is 37.3. The molecule has 0 radical (unpaired) electrons. The molecule has 29 heavy (non-hydrogen) atoms.